The molecule has 5 heteroatoms. The Hall–Kier alpha value is -2.17. The summed E-state index contributed by atoms with van der Waals surface area (Å²) in [5.74, 6) is -0.472. The fraction of sp³-hybridized carbons (Fsp3) is 0.286. The van der Waals surface area contributed by atoms with Crippen molar-refractivity contribution in [3.8, 4) is 0 Å². The Morgan fingerprint density at radius 1 is 1.37 bits per heavy atom. The van der Waals surface area contributed by atoms with E-state index in [1.807, 2.05) is 6.92 Å². The lowest BCUT2D eigenvalue weighted by molar-refractivity contribution is 0.0925. The number of nitrogens with zero attached hydrogens (tertiary/aromatic N) is 1. The Morgan fingerprint density at radius 3 is 2.58 bits per heavy atom. The van der Waals surface area contributed by atoms with Gasteiger partial charge in [0.05, 0.1) is 5.54 Å². The van der Waals surface area contributed by atoms with E-state index in [9.17, 15) is 9.18 Å². The van der Waals surface area contributed by atoms with E-state index in [0.29, 0.717) is 5.69 Å². The molecular weight excluding hydrogens is 245 g/mol. The first kappa shape index (κ1) is 11.9. The van der Waals surface area contributed by atoms with Gasteiger partial charge in [0.1, 0.15) is 11.5 Å². The van der Waals surface area contributed by atoms with E-state index in [1.54, 1.807) is 18.2 Å². The lowest BCUT2D eigenvalue weighted by atomic mass is 10.0. The molecule has 1 fully saturated rings. The molecule has 1 aromatic heterocycles. The van der Waals surface area contributed by atoms with Crippen LogP contribution >= 0.6 is 0 Å². The lowest BCUT2D eigenvalue weighted by Gasteiger charge is -2.17. The standard InChI is InChI=1S/C14H14FN3O/c1-9-8-12(18-17-9)13(19)16-14(6-7-14)10-2-4-11(15)5-3-10/h2-5,8H,6-7H2,1H3,(H,16,19)(H,17,18). The molecule has 1 aliphatic rings. The first-order chi connectivity index (χ1) is 9.09. The fourth-order valence-corrected chi connectivity index (χ4v) is 2.20. The lowest BCUT2D eigenvalue weighted by Crippen LogP contribution is -2.35. The van der Waals surface area contributed by atoms with Gasteiger partial charge in [-0.2, -0.15) is 5.10 Å². The minimum Gasteiger partial charge on any atom is -0.341 e. The normalized spacial score (nSPS) is 16.1. The zero-order chi connectivity index (χ0) is 13.5. The van der Waals surface area contributed by atoms with Gasteiger partial charge >= 0.3 is 0 Å². The number of amides is 1. The van der Waals surface area contributed by atoms with Crippen LogP contribution in [0, 0.1) is 12.7 Å². The molecule has 1 saturated carbocycles. The molecule has 0 aliphatic heterocycles. The van der Waals surface area contributed by atoms with Crippen LogP contribution in [-0.4, -0.2) is 16.1 Å². The number of hydrogen-bond acceptors (Lipinski definition) is 2. The van der Waals surface area contributed by atoms with E-state index in [4.69, 9.17) is 0 Å². The van der Waals surface area contributed by atoms with Gasteiger partial charge in [-0.05, 0) is 43.5 Å². The average Bonchev–Trinajstić information content (AvgIpc) is 3.03. The van der Waals surface area contributed by atoms with Crippen LogP contribution in [0.2, 0.25) is 0 Å². The second-order valence-corrected chi connectivity index (χ2v) is 4.98. The van der Waals surface area contributed by atoms with E-state index in [1.165, 1.54) is 12.1 Å². The van der Waals surface area contributed by atoms with E-state index in [0.717, 1.165) is 24.1 Å². The minimum absolute atomic E-state index is 0.203. The number of carbonyl (C=O) groups is 1. The number of carbonyl (C=O) groups excluding carboxylic acids is 1. The SMILES string of the molecule is Cc1cc(C(=O)NC2(c3ccc(F)cc3)CC2)n[nH]1. The monoisotopic (exact) mass is 259 g/mol. The van der Waals surface area contributed by atoms with E-state index in [2.05, 4.69) is 15.5 Å². The van der Waals surface area contributed by atoms with Crippen molar-refractivity contribution in [1.82, 2.24) is 15.5 Å². The summed E-state index contributed by atoms with van der Waals surface area (Å²) >= 11 is 0. The molecule has 0 bridgehead atoms. The third-order valence-corrected chi connectivity index (χ3v) is 3.44. The Bertz CT molecular complexity index is 614. The highest BCUT2D eigenvalue weighted by atomic mass is 19.1. The maximum Gasteiger partial charge on any atom is 0.272 e. The molecule has 0 radical (unpaired) electrons. The van der Waals surface area contributed by atoms with E-state index < -0.39 is 0 Å². The summed E-state index contributed by atoms with van der Waals surface area (Å²) in [6.45, 7) is 1.84. The molecule has 0 spiro atoms. The molecule has 0 unspecified atom stereocenters. The van der Waals surface area contributed by atoms with Gasteiger partial charge in [0, 0.05) is 5.69 Å². The van der Waals surface area contributed by atoms with Crippen molar-refractivity contribution in [2.24, 2.45) is 0 Å². The number of nitrogens with one attached hydrogen (secondary N) is 2. The van der Waals surface area contributed by atoms with Gasteiger partial charge in [0.15, 0.2) is 0 Å². The smallest absolute Gasteiger partial charge is 0.272 e. The molecule has 4 nitrogen and oxygen atoms in total. The van der Waals surface area contributed by atoms with Gasteiger partial charge in [-0.3, -0.25) is 9.89 Å². The summed E-state index contributed by atoms with van der Waals surface area (Å²) in [6, 6.07) is 7.98. The Balaban J connectivity index is 1.79. The second kappa shape index (κ2) is 4.19. The molecule has 1 amide bonds. The molecule has 2 aromatic rings. The van der Waals surface area contributed by atoms with Gasteiger partial charge in [-0.25, -0.2) is 4.39 Å². The van der Waals surface area contributed by atoms with Crippen molar-refractivity contribution in [2.75, 3.05) is 0 Å². The van der Waals surface area contributed by atoms with Crippen molar-refractivity contribution in [3.05, 3.63) is 53.1 Å². The summed E-state index contributed by atoms with van der Waals surface area (Å²) in [7, 11) is 0. The summed E-state index contributed by atoms with van der Waals surface area (Å²) in [5.41, 5.74) is 1.81. The maximum absolute atomic E-state index is 12.9. The summed E-state index contributed by atoms with van der Waals surface area (Å²) in [6.07, 6.45) is 1.74. The molecule has 19 heavy (non-hydrogen) atoms. The first-order valence-electron chi connectivity index (χ1n) is 6.20. The molecule has 0 saturated heterocycles. The summed E-state index contributed by atoms with van der Waals surface area (Å²) < 4.78 is 12.9. The molecular formula is C14H14FN3O. The van der Waals surface area contributed by atoms with Crippen molar-refractivity contribution in [1.29, 1.82) is 0 Å². The summed E-state index contributed by atoms with van der Waals surface area (Å²) in [4.78, 5) is 12.1. The number of aryl methyl sites for hydroxylation is 1. The Kier molecular flexibility index (Phi) is 2.62. The fourth-order valence-electron chi connectivity index (χ4n) is 2.20. The number of rotatable bonds is 3. The third-order valence-electron chi connectivity index (χ3n) is 3.44. The molecule has 3 rings (SSSR count). The second-order valence-electron chi connectivity index (χ2n) is 4.98. The molecule has 1 aliphatic carbocycles. The first-order valence-corrected chi connectivity index (χ1v) is 6.20. The van der Waals surface area contributed by atoms with Gasteiger partial charge in [-0.15, -0.1) is 0 Å². The number of aromatic amines is 1. The van der Waals surface area contributed by atoms with Crippen molar-refractivity contribution in [3.63, 3.8) is 0 Å². The van der Waals surface area contributed by atoms with Crippen molar-refractivity contribution in [2.45, 2.75) is 25.3 Å². The minimum atomic E-state index is -0.350. The molecule has 0 atom stereocenters. The number of hydrogen-bond donors (Lipinski definition) is 2. The van der Waals surface area contributed by atoms with Crippen LogP contribution in [0.3, 0.4) is 0 Å². The number of H-pyrrole nitrogens is 1. The van der Waals surface area contributed by atoms with E-state index >= 15 is 0 Å². The quantitative estimate of drug-likeness (QED) is 0.888. The van der Waals surface area contributed by atoms with Crippen molar-refractivity contribution >= 4 is 5.91 Å². The largest absolute Gasteiger partial charge is 0.341 e. The molecule has 1 aromatic carbocycles. The number of benzene rings is 1. The van der Waals surface area contributed by atoms with Crippen LogP contribution in [0.4, 0.5) is 4.39 Å². The highest BCUT2D eigenvalue weighted by molar-refractivity contribution is 5.93. The Labute approximate surface area is 110 Å². The summed E-state index contributed by atoms with van der Waals surface area (Å²) in [5, 5.41) is 9.67. The number of aromatic nitrogens is 2. The van der Waals surface area contributed by atoms with Crippen LogP contribution in [0.15, 0.2) is 30.3 Å². The molecule has 98 valence electrons. The van der Waals surface area contributed by atoms with Crippen molar-refractivity contribution < 1.29 is 9.18 Å². The van der Waals surface area contributed by atoms with Gasteiger partial charge < -0.3 is 5.32 Å². The predicted octanol–water partition coefficient (Wildman–Crippen LogP) is 2.28. The highest BCUT2D eigenvalue weighted by Crippen LogP contribution is 2.45. The van der Waals surface area contributed by atoms with Gasteiger partial charge in [-0.1, -0.05) is 12.1 Å². The van der Waals surface area contributed by atoms with E-state index in [-0.39, 0.29) is 17.3 Å². The molecule has 1 heterocycles. The zero-order valence-corrected chi connectivity index (χ0v) is 10.5. The van der Waals surface area contributed by atoms with Crippen LogP contribution < -0.4 is 5.32 Å². The van der Waals surface area contributed by atoms with Gasteiger partial charge in [0.25, 0.3) is 5.91 Å². The average molecular weight is 259 g/mol. The number of halogens is 1. The third kappa shape index (κ3) is 2.23. The Morgan fingerprint density at radius 2 is 2.05 bits per heavy atom. The maximum atomic E-state index is 12.9. The predicted molar refractivity (Wildman–Crippen MR) is 68.1 cm³/mol. The van der Waals surface area contributed by atoms with Crippen LogP contribution in [0.25, 0.3) is 0 Å². The van der Waals surface area contributed by atoms with Crippen LogP contribution in [0.1, 0.15) is 34.6 Å². The zero-order valence-electron chi connectivity index (χ0n) is 10.5. The topological polar surface area (TPSA) is 57.8 Å². The highest BCUT2D eigenvalue weighted by Gasteiger charge is 2.45. The van der Waals surface area contributed by atoms with Crippen LogP contribution in [-0.2, 0) is 5.54 Å². The molecule has 2 N–H and O–H groups in total. The van der Waals surface area contributed by atoms with Gasteiger partial charge in [0.2, 0.25) is 0 Å². The van der Waals surface area contributed by atoms with Crippen LogP contribution in [0.5, 0.6) is 0 Å².